The Hall–Kier alpha value is -1.89. The molecule has 25 heavy (non-hydrogen) atoms. The van der Waals surface area contributed by atoms with Crippen LogP contribution in [-0.4, -0.2) is 73.5 Å². The summed E-state index contributed by atoms with van der Waals surface area (Å²) in [5, 5.41) is 8.79. The quantitative estimate of drug-likeness (QED) is 0.802. The van der Waals surface area contributed by atoms with Crippen LogP contribution in [0.15, 0.2) is 12.1 Å². The van der Waals surface area contributed by atoms with Crippen LogP contribution in [0.5, 0.6) is 0 Å². The molecule has 3 rings (SSSR count). The molecule has 2 aliphatic heterocycles. The van der Waals surface area contributed by atoms with Crippen LogP contribution in [0.4, 0.5) is 11.6 Å². The van der Waals surface area contributed by atoms with Crippen LogP contribution >= 0.6 is 0 Å². The number of aromatic nitrogens is 2. The number of carbonyl (C=O) groups excluding carboxylic acids is 1. The molecule has 1 amide bonds. The summed E-state index contributed by atoms with van der Waals surface area (Å²) >= 11 is 0. The molecule has 0 saturated carbocycles. The van der Waals surface area contributed by atoms with Crippen molar-refractivity contribution in [2.45, 2.75) is 26.7 Å². The Balaban J connectivity index is 1.55. The van der Waals surface area contributed by atoms with Crippen LogP contribution in [0.25, 0.3) is 0 Å². The summed E-state index contributed by atoms with van der Waals surface area (Å²) in [5.74, 6) is 2.28. The number of morpholine rings is 1. The van der Waals surface area contributed by atoms with Crippen molar-refractivity contribution in [2.24, 2.45) is 5.92 Å². The Morgan fingerprint density at radius 1 is 0.960 bits per heavy atom. The van der Waals surface area contributed by atoms with Gasteiger partial charge in [-0.1, -0.05) is 13.8 Å². The van der Waals surface area contributed by atoms with Crippen molar-refractivity contribution in [3.63, 3.8) is 0 Å². The monoisotopic (exact) mass is 347 g/mol. The number of carbonyl (C=O) groups is 1. The van der Waals surface area contributed by atoms with Gasteiger partial charge >= 0.3 is 0 Å². The summed E-state index contributed by atoms with van der Waals surface area (Å²) in [4.78, 5) is 18.9. The van der Waals surface area contributed by atoms with Crippen LogP contribution in [0.2, 0.25) is 0 Å². The summed E-state index contributed by atoms with van der Waals surface area (Å²) in [6.07, 6.45) is 1.84. The van der Waals surface area contributed by atoms with Crippen LogP contribution in [0.1, 0.15) is 26.7 Å². The third-order valence-electron chi connectivity index (χ3n) is 5.22. The normalized spacial score (nSPS) is 18.8. The third-order valence-corrected chi connectivity index (χ3v) is 5.22. The van der Waals surface area contributed by atoms with E-state index in [9.17, 15) is 4.79 Å². The number of nitrogens with zero attached hydrogens (tertiary/aromatic N) is 5. The Bertz CT molecular complexity index is 547. The topological polar surface area (TPSA) is 61.8 Å². The lowest BCUT2D eigenvalue weighted by molar-refractivity contribution is -0.136. The van der Waals surface area contributed by atoms with Gasteiger partial charge in [-0.05, 0) is 25.0 Å². The standard InChI is InChI=1S/C18H29N5O2/c1-3-15(4-2)18(24)23-9-7-21(8-10-23)16-5-6-17(20-19-16)22-11-13-25-14-12-22/h5-6,15H,3-4,7-14H2,1-2H3. The Kier molecular flexibility index (Phi) is 6.07. The maximum Gasteiger partial charge on any atom is 0.225 e. The number of rotatable bonds is 5. The van der Waals surface area contributed by atoms with Gasteiger partial charge in [-0.3, -0.25) is 4.79 Å². The first kappa shape index (κ1) is 17.9. The van der Waals surface area contributed by atoms with Gasteiger partial charge in [0.2, 0.25) is 5.91 Å². The smallest absolute Gasteiger partial charge is 0.225 e. The second kappa shape index (κ2) is 8.47. The molecular formula is C18H29N5O2. The molecule has 0 bridgehead atoms. The fourth-order valence-corrected chi connectivity index (χ4v) is 3.50. The second-order valence-corrected chi connectivity index (χ2v) is 6.67. The minimum absolute atomic E-state index is 0.166. The van der Waals surface area contributed by atoms with Gasteiger partial charge in [0.15, 0.2) is 11.6 Å². The highest BCUT2D eigenvalue weighted by atomic mass is 16.5. The van der Waals surface area contributed by atoms with Crippen molar-refractivity contribution in [3.8, 4) is 0 Å². The molecule has 7 nitrogen and oxygen atoms in total. The van der Waals surface area contributed by atoms with Gasteiger partial charge in [0, 0.05) is 45.2 Å². The molecule has 0 unspecified atom stereocenters. The van der Waals surface area contributed by atoms with Crippen LogP contribution in [0.3, 0.4) is 0 Å². The van der Waals surface area contributed by atoms with Crippen molar-refractivity contribution in [1.29, 1.82) is 0 Å². The highest BCUT2D eigenvalue weighted by molar-refractivity contribution is 5.79. The molecule has 138 valence electrons. The lowest BCUT2D eigenvalue weighted by Crippen LogP contribution is -2.50. The van der Waals surface area contributed by atoms with E-state index >= 15 is 0 Å². The fourth-order valence-electron chi connectivity index (χ4n) is 3.50. The van der Waals surface area contributed by atoms with Gasteiger partial charge in [0.25, 0.3) is 0 Å². The average molecular weight is 347 g/mol. The van der Waals surface area contributed by atoms with Gasteiger partial charge in [-0.15, -0.1) is 10.2 Å². The maximum absolute atomic E-state index is 12.5. The number of ether oxygens (including phenoxy) is 1. The van der Waals surface area contributed by atoms with E-state index < -0.39 is 0 Å². The van der Waals surface area contributed by atoms with E-state index in [1.807, 2.05) is 17.0 Å². The number of piperazine rings is 1. The Morgan fingerprint density at radius 3 is 1.96 bits per heavy atom. The van der Waals surface area contributed by atoms with Gasteiger partial charge in [0.05, 0.1) is 13.2 Å². The summed E-state index contributed by atoms with van der Waals surface area (Å²) in [6.45, 7) is 10.6. The summed E-state index contributed by atoms with van der Waals surface area (Å²) in [6, 6.07) is 4.07. The van der Waals surface area contributed by atoms with Crippen LogP contribution in [-0.2, 0) is 9.53 Å². The van der Waals surface area contributed by atoms with E-state index in [0.717, 1.165) is 77.0 Å². The predicted molar refractivity (Wildman–Crippen MR) is 97.9 cm³/mol. The minimum Gasteiger partial charge on any atom is -0.378 e. The summed E-state index contributed by atoms with van der Waals surface area (Å²) < 4.78 is 5.37. The van der Waals surface area contributed by atoms with E-state index in [1.165, 1.54) is 0 Å². The first-order valence-electron chi connectivity index (χ1n) is 9.43. The van der Waals surface area contributed by atoms with Crippen LogP contribution in [0, 0.1) is 5.92 Å². The molecule has 2 aliphatic rings. The van der Waals surface area contributed by atoms with Crippen molar-refractivity contribution >= 4 is 17.5 Å². The van der Waals surface area contributed by atoms with Gasteiger partial charge in [-0.2, -0.15) is 0 Å². The molecule has 1 aromatic heterocycles. The third kappa shape index (κ3) is 4.21. The molecule has 0 aromatic carbocycles. The lowest BCUT2D eigenvalue weighted by Gasteiger charge is -2.36. The molecule has 0 atom stereocenters. The van der Waals surface area contributed by atoms with Gasteiger partial charge in [-0.25, -0.2) is 0 Å². The molecule has 0 radical (unpaired) electrons. The molecule has 3 heterocycles. The van der Waals surface area contributed by atoms with Crippen molar-refractivity contribution in [1.82, 2.24) is 15.1 Å². The van der Waals surface area contributed by atoms with Gasteiger partial charge < -0.3 is 19.4 Å². The average Bonchev–Trinajstić information content (AvgIpc) is 2.70. The zero-order valence-electron chi connectivity index (χ0n) is 15.4. The first-order chi connectivity index (χ1) is 12.2. The Morgan fingerprint density at radius 2 is 1.48 bits per heavy atom. The highest BCUT2D eigenvalue weighted by Gasteiger charge is 2.26. The first-order valence-corrected chi connectivity index (χ1v) is 9.43. The van der Waals surface area contributed by atoms with Crippen molar-refractivity contribution in [3.05, 3.63) is 12.1 Å². The van der Waals surface area contributed by atoms with Crippen LogP contribution < -0.4 is 9.80 Å². The van der Waals surface area contributed by atoms with Gasteiger partial charge in [0.1, 0.15) is 0 Å². The maximum atomic E-state index is 12.5. The molecule has 0 N–H and O–H groups in total. The van der Waals surface area contributed by atoms with E-state index in [0.29, 0.717) is 5.91 Å². The molecular weight excluding hydrogens is 318 g/mol. The molecule has 7 heteroatoms. The van der Waals surface area contributed by atoms with E-state index in [4.69, 9.17) is 4.74 Å². The molecule has 1 aromatic rings. The number of amides is 1. The zero-order chi connectivity index (χ0) is 17.6. The largest absolute Gasteiger partial charge is 0.378 e. The predicted octanol–water partition coefficient (Wildman–Crippen LogP) is 1.40. The number of anilines is 2. The number of hydrogen-bond acceptors (Lipinski definition) is 6. The molecule has 2 saturated heterocycles. The molecule has 0 spiro atoms. The lowest BCUT2D eigenvalue weighted by atomic mass is 10.0. The Labute approximate surface area is 149 Å². The highest BCUT2D eigenvalue weighted by Crippen LogP contribution is 2.19. The SMILES string of the molecule is CCC(CC)C(=O)N1CCN(c2ccc(N3CCOCC3)nn2)CC1. The molecule has 2 fully saturated rings. The van der Waals surface area contributed by atoms with E-state index in [2.05, 4.69) is 33.8 Å². The molecule has 0 aliphatic carbocycles. The van der Waals surface area contributed by atoms with Crippen molar-refractivity contribution < 1.29 is 9.53 Å². The van der Waals surface area contributed by atoms with E-state index in [-0.39, 0.29) is 5.92 Å². The van der Waals surface area contributed by atoms with E-state index in [1.54, 1.807) is 0 Å². The second-order valence-electron chi connectivity index (χ2n) is 6.67. The van der Waals surface area contributed by atoms with Crippen molar-refractivity contribution in [2.75, 3.05) is 62.3 Å². The minimum atomic E-state index is 0.166. The summed E-state index contributed by atoms with van der Waals surface area (Å²) in [5.41, 5.74) is 0. The zero-order valence-corrected chi connectivity index (χ0v) is 15.4. The number of hydrogen-bond donors (Lipinski definition) is 0. The fraction of sp³-hybridized carbons (Fsp3) is 0.722. The summed E-state index contributed by atoms with van der Waals surface area (Å²) in [7, 11) is 0.